The third-order valence-electron chi connectivity index (χ3n) is 4.26. The summed E-state index contributed by atoms with van der Waals surface area (Å²) in [5.74, 6) is 1.47. The normalized spacial score (nSPS) is 18.0. The quantitative estimate of drug-likeness (QED) is 0.749. The number of aromatic nitrogens is 4. The zero-order valence-electron chi connectivity index (χ0n) is 12.8. The first-order chi connectivity index (χ1) is 10.8. The number of nitrogens with zero attached hydrogens (tertiary/aromatic N) is 4. The minimum atomic E-state index is 0.633. The lowest BCUT2D eigenvalue weighted by molar-refractivity contribution is 0.210. The van der Waals surface area contributed by atoms with Gasteiger partial charge in [-0.3, -0.25) is 0 Å². The Bertz CT molecular complexity index is 824. The van der Waals surface area contributed by atoms with Crippen LogP contribution in [0.4, 0.5) is 5.95 Å². The van der Waals surface area contributed by atoms with Gasteiger partial charge in [0.1, 0.15) is 11.2 Å². The molecule has 7 heteroatoms. The molecule has 1 N–H and O–H groups in total. The summed E-state index contributed by atoms with van der Waals surface area (Å²) in [4.78, 5) is 11.8. The molecule has 3 aromatic heterocycles. The highest BCUT2D eigenvalue weighted by Crippen LogP contribution is 2.39. The van der Waals surface area contributed by atoms with Gasteiger partial charge in [0, 0.05) is 18.5 Å². The molecule has 0 unspecified atom stereocenters. The minimum absolute atomic E-state index is 0.633. The highest BCUT2D eigenvalue weighted by molar-refractivity contribution is 7.19. The van der Waals surface area contributed by atoms with Gasteiger partial charge in [0.2, 0.25) is 5.95 Å². The number of hydrogen-bond donors (Lipinski definition) is 1. The van der Waals surface area contributed by atoms with Crippen molar-refractivity contribution in [3.05, 3.63) is 16.8 Å². The van der Waals surface area contributed by atoms with E-state index in [1.165, 1.54) is 22.2 Å². The molecule has 22 heavy (non-hydrogen) atoms. The van der Waals surface area contributed by atoms with Gasteiger partial charge in [0.05, 0.1) is 12.0 Å². The first-order valence-electron chi connectivity index (χ1n) is 7.64. The third kappa shape index (κ3) is 2.16. The van der Waals surface area contributed by atoms with Crippen LogP contribution in [0.5, 0.6) is 0 Å². The van der Waals surface area contributed by atoms with Crippen molar-refractivity contribution in [1.29, 1.82) is 0 Å². The van der Waals surface area contributed by atoms with E-state index >= 15 is 0 Å². The first-order valence-corrected chi connectivity index (χ1v) is 8.46. The maximum atomic E-state index is 5.09. The number of rotatable bonds is 4. The van der Waals surface area contributed by atoms with Crippen LogP contribution in [-0.4, -0.2) is 39.8 Å². The lowest BCUT2D eigenvalue weighted by Crippen LogP contribution is -2.13. The summed E-state index contributed by atoms with van der Waals surface area (Å²) in [6.45, 7) is 3.65. The molecule has 0 aromatic carbocycles. The van der Waals surface area contributed by atoms with E-state index in [9.17, 15) is 0 Å². The maximum Gasteiger partial charge on any atom is 0.227 e. The second kappa shape index (κ2) is 5.48. The molecule has 3 heterocycles. The smallest absolute Gasteiger partial charge is 0.227 e. The molecule has 4 rings (SSSR count). The lowest BCUT2D eigenvalue weighted by atomic mass is 9.89. The molecule has 3 aromatic rings. The van der Waals surface area contributed by atoms with E-state index in [1.54, 1.807) is 13.4 Å². The average molecular weight is 317 g/mol. The fourth-order valence-corrected chi connectivity index (χ4v) is 4.35. The number of ether oxygens (including phenoxy) is 1. The number of methoxy groups -OCH3 is 1. The van der Waals surface area contributed by atoms with Gasteiger partial charge in [-0.2, -0.15) is 9.61 Å². The number of nitrogens with one attached hydrogen (secondary N) is 1. The minimum Gasteiger partial charge on any atom is -0.383 e. The Labute approximate surface area is 132 Å². The number of hydrogen-bond acceptors (Lipinski definition) is 6. The summed E-state index contributed by atoms with van der Waals surface area (Å²) < 4.78 is 6.90. The van der Waals surface area contributed by atoms with Gasteiger partial charge < -0.3 is 10.1 Å². The standard InChI is InChI=1S/C15H19N5OS/c1-9-3-4-11-10(7-9)12-13-17-8-18-20(13)15(16-5-6-21-2)19-14(12)22-11/h8-9H,3-7H2,1-2H3,(H,16,19)/t9-/m0/s1. The van der Waals surface area contributed by atoms with Crippen molar-refractivity contribution < 1.29 is 4.74 Å². The molecule has 0 radical (unpaired) electrons. The van der Waals surface area contributed by atoms with E-state index in [-0.39, 0.29) is 0 Å². The van der Waals surface area contributed by atoms with Crippen LogP contribution in [-0.2, 0) is 17.6 Å². The van der Waals surface area contributed by atoms with Gasteiger partial charge in [-0.15, -0.1) is 11.3 Å². The Kier molecular flexibility index (Phi) is 3.46. The predicted octanol–water partition coefficient (Wildman–Crippen LogP) is 2.52. The number of anilines is 1. The van der Waals surface area contributed by atoms with Crippen LogP contribution < -0.4 is 5.32 Å². The second-order valence-electron chi connectivity index (χ2n) is 5.88. The molecular weight excluding hydrogens is 298 g/mol. The molecule has 6 nitrogen and oxygen atoms in total. The fourth-order valence-electron chi connectivity index (χ4n) is 3.14. The summed E-state index contributed by atoms with van der Waals surface area (Å²) in [5.41, 5.74) is 2.35. The van der Waals surface area contributed by atoms with Gasteiger partial charge >= 0.3 is 0 Å². The Hall–Kier alpha value is -1.73. The van der Waals surface area contributed by atoms with Crippen LogP contribution in [0.15, 0.2) is 6.33 Å². The van der Waals surface area contributed by atoms with Crippen molar-refractivity contribution in [3.8, 4) is 0 Å². The summed E-state index contributed by atoms with van der Waals surface area (Å²) in [7, 11) is 1.69. The maximum absolute atomic E-state index is 5.09. The monoisotopic (exact) mass is 317 g/mol. The van der Waals surface area contributed by atoms with E-state index in [0.29, 0.717) is 13.2 Å². The molecule has 0 saturated carbocycles. The van der Waals surface area contributed by atoms with E-state index in [1.807, 2.05) is 15.9 Å². The zero-order chi connectivity index (χ0) is 15.1. The third-order valence-corrected chi connectivity index (χ3v) is 5.44. The molecular formula is C15H19N5OS. The predicted molar refractivity (Wildman–Crippen MR) is 87.7 cm³/mol. The highest BCUT2D eigenvalue weighted by atomic mass is 32.1. The van der Waals surface area contributed by atoms with Crippen LogP contribution in [0.3, 0.4) is 0 Å². The van der Waals surface area contributed by atoms with Crippen LogP contribution in [0.25, 0.3) is 15.9 Å². The average Bonchev–Trinajstić information content (AvgIpc) is 3.10. The molecule has 1 atom stereocenters. The molecule has 0 fully saturated rings. The Morgan fingerprint density at radius 3 is 3.27 bits per heavy atom. The largest absolute Gasteiger partial charge is 0.383 e. The van der Waals surface area contributed by atoms with Crippen LogP contribution in [0, 0.1) is 5.92 Å². The Morgan fingerprint density at radius 1 is 1.50 bits per heavy atom. The molecule has 0 amide bonds. The van der Waals surface area contributed by atoms with Gasteiger partial charge in [-0.25, -0.2) is 9.97 Å². The number of fused-ring (bicyclic) bond motifs is 5. The van der Waals surface area contributed by atoms with Gasteiger partial charge in [0.15, 0.2) is 5.65 Å². The van der Waals surface area contributed by atoms with Crippen LogP contribution >= 0.6 is 11.3 Å². The molecule has 0 aliphatic heterocycles. The Balaban J connectivity index is 1.88. The summed E-state index contributed by atoms with van der Waals surface area (Å²) >= 11 is 1.81. The number of aryl methyl sites for hydroxylation is 1. The molecule has 1 aliphatic carbocycles. The molecule has 1 aliphatic rings. The topological polar surface area (TPSA) is 64.3 Å². The first kappa shape index (κ1) is 13.9. The van der Waals surface area contributed by atoms with E-state index in [0.717, 1.165) is 35.2 Å². The van der Waals surface area contributed by atoms with Crippen molar-refractivity contribution in [1.82, 2.24) is 19.6 Å². The van der Waals surface area contributed by atoms with Crippen LogP contribution in [0.2, 0.25) is 0 Å². The van der Waals surface area contributed by atoms with Crippen molar-refractivity contribution in [3.63, 3.8) is 0 Å². The van der Waals surface area contributed by atoms with Crippen molar-refractivity contribution >= 4 is 33.1 Å². The summed E-state index contributed by atoms with van der Waals surface area (Å²) in [5, 5.41) is 8.82. The number of thiophene rings is 1. The highest BCUT2D eigenvalue weighted by Gasteiger charge is 2.24. The van der Waals surface area contributed by atoms with Crippen LogP contribution in [0.1, 0.15) is 23.8 Å². The molecule has 116 valence electrons. The van der Waals surface area contributed by atoms with Crippen molar-refractivity contribution in [2.24, 2.45) is 5.92 Å². The summed E-state index contributed by atoms with van der Waals surface area (Å²) in [6.07, 6.45) is 5.15. The van der Waals surface area contributed by atoms with Gasteiger partial charge in [-0.05, 0) is 30.7 Å². The van der Waals surface area contributed by atoms with E-state index in [4.69, 9.17) is 9.72 Å². The fraction of sp³-hybridized carbons (Fsp3) is 0.533. The second-order valence-corrected chi connectivity index (χ2v) is 6.97. The lowest BCUT2D eigenvalue weighted by Gasteiger charge is -2.17. The summed E-state index contributed by atoms with van der Waals surface area (Å²) in [6, 6.07) is 0. The van der Waals surface area contributed by atoms with Crippen molar-refractivity contribution in [2.75, 3.05) is 25.6 Å². The van der Waals surface area contributed by atoms with E-state index in [2.05, 4.69) is 22.3 Å². The molecule has 0 bridgehead atoms. The molecule has 0 spiro atoms. The zero-order valence-corrected chi connectivity index (χ0v) is 13.6. The van der Waals surface area contributed by atoms with Gasteiger partial charge in [0.25, 0.3) is 0 Å². The molecule has 0 saturated heterocycles. The van der Waals surface area contributed by atoms with Crippen molar-refractivity contribution in [2.45, 2.75) is 26.2 Å². The van der Waals surface area contributed by atoms with E-state index < -0.39 is 0 Å². The SMILES string of the molecule is COCCNc1nc2sc3c(c2c2ncnn12)C[C@@H](C)CC3. The van der Waals surface area contributed by atoms with Gasteiger partial charge in [-0.1, -0.05) is 6.92 Å². The Morgan fingerprint density at radius 2 is 2.41 bits per heavy atom.